The van der Waals surface area contributed by atoms with Crippen LogP contribution in [0.15, 0.2) is 54.6 Å². The van der Waals surface area contributed by atoms with E-state index in [-0.39, 0.29) is 0 Å². The Labute approximate surface area is 156 Å². The van der Waals surface area contributed by atoms with Crippen molar-refractivity contribution in [3.63, 3.8) is 0 Å². The fraction of sp³-hybridized carbons (Fsp3) is 0.417. The molecule has 0 saturated heterocycles. The molecule has 2 heteroatoms. The van der Waals surface area contributed by atoms with Crippen molar-refractivity contribution in [2.45, 2.75) is 51.9 Å². The third-order valence-electron chi connectivity index (χ3n) is 5.72. The lowest BCUT2D eigenvalue weighted by atomic mass is 9.78. The average Bonchev–Trinajstić information content (AvgIpc) is 2.68. The zero-order valence-corrected chi connectivity index (χ0v) is 15.6. The summed E-state index contributed by atoms with van der Waals surface area (Å²) in [6.07, 6.45) is 13.5. The van der Waals surface area contributed by atoms with Gasteiger partial charge in [-0.3, -0.25) is 0 Å². The summed E-state index contributed by atoms with van der Waals surface area (Å²) >= 11 is 0. The molecule has 1 aliphatic carbocycles. The van der Waals surface area contributed by atoms with Crippen molar-refractivity contribution in [2.24, 2.45) is 11.8 Å². The first-order valence-electron chi connectivity index (χ1n) is 9.81. The van der Waals surface area contributed by atoms with E-state index in [9.17, 15) is 8.78 Å². The molecule has 1 fully saturated rings. The number of halogens is 2. The number of hydrogen-bond donors (Lipinski definition) is 0. The van der Waals surface area contributed by atoms with Crippen LogP contribution in [-0.4, -0.2) is 0 Å². The maximum atomic E-state index is 13.4. The van der Waals surface area contributed by atoms with Gasteiger partial charge in [-0.15, -0.1) is 0 Å². The smallest absolute Gasteiger partial charge is 0.159 e. The highest BCUT2D eigenvalue weighted by molar-refractivity contribution is 5.63. The van der Waals surface area contributed by atoms with Crippen molar-refractivity contribution >= 4 is 0 Å². The summed E-state index contributed by atoms with van der Waals surface area (Å²) in [6.45, 7) is 2.10. The molecule has 26 heavy (non-hydrogen) atoms. The summed E-state index contributed by atoms with van der Waals surface area (Å²) in [5.41, 5.74) is 2.97. The molecule has 0 amide bonds. The summed E-state index contributed by atoms with van der Waals surface area (Å²) in [7, 11) is 0. The van der Waals surface area contributed by atoms with Crippen LogP contribution in [0.1, 0.15) is 51.0 Å². The molecular weight excluding hydrogens is 326 g/mol. The molecule has 0 heterocycles. The van der Waals surface area contributed by atoms with E-state index in [1.165, 1.54) is 56.2 Å². The second kappa shape index (κ2) is 9.12. The van der Waals surface area contributed by atoms with Gasteiger partial charge in [0.15, 0.2) is 11.6 Å². The molecule has 2 aromatic rings. The molecular formula is C24H28F2. The van der Waals surface area contributed by atoms with E-state index in [1.54, 1.807) is 6.07 Å². The Kier molecular flexibility index (Phi) is 6.60. The molecule has 1 saturated carbocycles. The van der Waals surface area contributed by atoms with Crippen LogP contribution in [0.25, 0.3) is 11.1 Å². The van der Waals surface area contributed by atoms with Crippen LogP contribution in [0, 0.1) is 23.5 Å². The first kappa shape index (κ1) is 18.8. The first-order chi connectivity index (χ1) is 12.7. The second-order valence-electron chi connectivity index (χ2n) is 7.56. The van der Waals surface area contributed by atoms with Gasteiger partial charge >= 0.3 is 0 Å². The van der Waals surface area contributed by atoms with Gasteiger partial charge in [0.2, 0.25) is 0 Å². The topological polar surface area (TPSA) is 0 Å². The predicted molar refractivity (Wildman–Crippen MR) is 105 cm³/mol. The van der Waals surface area contributed by atoms with Crippen molar-refractivity contribution < 1.29 is 8.78 Å². The van der Waals surface area contributed by atoms with Crippen molar-refractivity contribution in [1.29, 1.82) is 0 Å². The van der Waals surface area contributed by atoms with E-state index >= 15 is 0 Å². The van der Waals surface area contributed by atoms with Crippen LogP contribution in [0.4, 0.5) is 8.78 Å². The normalized spacial score (nSPS) is 20.6. The highest BCUT2D eigenvalue weighted by Gasteiger charge is 2.20. The molecule has 0 nitrogen and oxygen atoms in total. The van der Waals surface area contributed by atoms with Crippen molar-refractivity contribution in [3.8, 4) is 11.1 Å². The average molecular weight is 354 g/mol. The maximum Gasteiger partial charge on any atom is 0.159 e. The van der Waals surface area contributed by atoms with E-state index in [2.05, 4.69) is 31.2 Å². The van der Waals surface area contributed by atoms with E-state index < -0.39 is 11.6 Å². The van der Waals surface area contributed by atoms with Gasteiger partial charge in [-0.05, 0) is 79.7 Å². The van der Waals surface area contributed by atoms with Crippen molar-refractivity contribution in [1.82, 2.24) is 0 Å². The largest absolute Gasteiger partial charge is 0.204 e. The van der Waals surface area contributed by atoms with Gasteiger partial charge in [-0.25, -0.2) is 8.78 Å². The summed E-state index contributed by atoms with van der Waals surface area (Å²) in [4.78, 5) is 0. The van der Waals surface area contributed by atoms with Crippen LogP contribution >= 0.6 is 0 Å². The molecule has 0 N–H and O–H groups in total. The molecule has 0 bridgehead atoms. The van der Waals surface area contributed by atoms with Gasteiger partial charge < -0.3 is 0 Å². The Morgan fingerprint density at radius 3 is 2.15 bits per heavy atom. The lowest BCUT2D eigenvalue weighted by Gasteiger charge is -2.28. The number of hydrogen-bond acceptors (Lipinski definition) is 0. The summed E-state index contributed by atoms with van der Waals surface area (Å²) < 4.78 is 26.5. The lowest BCUT2D eigenvalue weighted by molar-refractivity contribution is 0.265. The Hall–Kier alpha value is -1.96. The minimum Gasteiger partial charge on any atom is -0.204 e. The van der Waals surface area contributed by atoms with Gasteiger partial charge in [0.25, 0.3) is 0 Å². The van der Waals surface area contributed by atoms with Gasteiger partial charge in [0, 0.05) is 0 Å². The molecule has 138 valence electrons. The molecule has 0 radical (unpaired) electrons. The van der Waals surface area contributed by atoms with E-state index in [4.69, 9.17) is 0 Å². The molecule has 0 spiro atoms. The Balaban J connectivity index is 1.50. The zero-order chi connectivity index (χ0) is 18.4. The third-order valence-corrected chi connectivity index (χ3v) is 5.72. The molecule has 0 unspecified atom stereocenters. The molecule has 0 aromatic heterocycles. The lowest BCUT2D eigenvalue weighted by Crippen LogP contribution is -2.14. The van der Waals surface area contributed by atoms with Crippen LogP contribution in [0.5, 0.6) is 0 Å². The fourth-order valence-corrected chi connectivity index (χ4v) is 3.99. The van der Waals surface area contributed by atoms with Crippen LogP contribution in [0.2, 0.25) is 0 Å². The third kappa shape index (κ3) is 5.03. The van der Waals surface area contributed by atoms with Gasteiger partial charge in [0.05, 0.1) is 0 Å². The van der Waals surface area contributed by atoms with Crippen LogP contribution < -0.4 is 0 Å². The fourth-order valence-electron chi connectivity index (χ4n) is 3.99. The minimum absolute atomic E-state index is 0.718. The summed E-state index contributed by atoms with van der Waals surface area (Å²) in [5.74, 6) is 0.142. The standard InChI is InChI=1S/C24H28F2/c1-2-3-4-18-5-7-19(8-6-18)9-10-20-11-13-21(14-12-20)22-15-16-23(25)24(26)17-22/h2-3,11-19H,4-10H2,1H3. The number of aryl methyl sites for hydroxylation is 1. The van der Waals surface area contributed by atoms with Crippen LogP contribution in [-0.2, 0) is 6.42 Å². The molecule has 1 aliphatic rings. The Morgan fingerprint density at radius 1 is 0.846 bits per heavy atom. The van der Waals surface area contributed by atoms with Gasteiger partial charge in [0.1, 0.15) is 0 Å². The van der Waals surface area contributed by atoms with Crippen molar-refractivity contribution in [2.75, 3.05) is 0 Å². The minimum atomic E-state index is -0.800. The monoisotopic (exact) mass is 354 g/mol. The van der Waals surface area contributed by atoms with Crippen molar-refractivity contribution in [3.05, 3.63) is 71.8 Å². The quantitative estimate of drug-likeness (QED) is 0.476. The number of rotatable bonds is 6. The molecule has 0 atom stereocenters. The van der Waals surface area contributed by atoms with Crippen LogP contribution in [0.3, 0.4) is 0 Å². The van der Waals surface area contributed by atoms with E-state index in [0.29, 0.717) is 0 Å². The predicted octanol–water partition coefficient (Wildman–Crippen LogP) is 7.34. The summed E-state index contributed by atoms with van der Waals surface area (Å²) in [5, 5.41) is 0. The molecule has 3 rings (SSSR count). The first-order valence-corrected chi connectivity index (χ1v) is 9.81. The highest BCUT2D eigenvalue weighted by Crippen LogP contribution is 2.33. The second-order valence-corrected chi connectivity index (χ2v) is 7.56. The number of benzene rings is 2. The summed E-state index contributed by atoms with van der Waals surface area (Å²) in [6, 6.07) is 12.3. The Morgan fingerprint density at radius 2 is 1.50 bits per heavy atom. The Bertz CT molecular complexity index is 722. The SMILES string of the molecule is CC=CCC1CCC(CCc2ccc(-c3ccc(F)c(F)c3)cc2)CC1. The molecule has 2 aromatic carbocycles. The van der Waals surface area contributed by atoms with Gasteiger partial charge in [-0.1, -0.05) is 55.3 Å². The highest BCUT2D eigenvalue weighted by atomic mass is 19.2. The molecule has 0 aliphatic heterocycles. The van der Waals surface area contributed by atoms with E-state index in [0.717, 1.165) is 29.4 Å². The zero-order valence-electron chi connectivity index (χ0n) is 15.6. The number of allylic oxidation sites excluding steroid dienone is 2. The van der Waals surface area contributed by atoms with E-state index in [1.807, 2.05) is 12.1 Å². The van der Waals surface area contributed by atoms with Gasteiger partial charge in [-0.2, -0.15) is 0 Å². The maximum absolute atomic E-state index is 13.4.